The molecule has 0 unspecified atom stereocenters. The molecule has 3 heteroatoms. The van der Waals surface area contributed by atoms with Gasteiger partial charge in [-0.3, -0.25) is 0 Å². The number of H-pyrrole nitrogens is 1. The van der Waals surface area contributed by atoms with Crippen molar-refractivity contribution in [1.29, 1.82) is 0 Å². The lowest BCUT2D eigenvalue weighted by Gasteiger charge is -2.19. The summed E-state index contributed by atoms with van der Waals surface area (Å²) in [6, 6.07) is 6.48. The summed E-state index contributed by atoms with van der Waals surface area (Å²) >= 11 is 0. The van der Waals surface area contributed by atoms with Crippen molar-refractivity contribution >= 4 is 0 Å². The minimum atomic E-state index is 0.104. The normalized spacial score (nSPS) is 11.8. The first-order valence-electron chi connectivity index (χ1n) is 6.72. The van der Waals surface area contributed by atoms with Gasteiger partial charge in [0.15, 0.2) is 0 Å². The molecule has 0 atom stereocenters. The Morgan fingerprint density at radius 3 is 2.58 bits per heavy atom. The molecule has 1 heterocycles. The Balaban J connectivity index is 2.16. The molecule has 3 nitrogen and oxygen atoms in total. The molecule has 2 aromatic rings. The van der Waals surface area contributed by atoms with Gasteiger partial charge in [0.05, 0.1) is 18.4 Å². The van der Waals surface area contributed by atoms with Gasteiger partial charge in [-0.1, -0.05) is 23.8 Å². The second-order valence-electron chi connectivity index (χ2n) is 6.17. The summed E-state index contributed by atoms with van der Waals surface area (Å²) in [5.41, 5.74) is 4.98. The standard InChI is InChI=1S/C16H23N3/c1-11-6-7-13(12(2)8-11)14-9-17-15(19-14)10-18-16(3,4)5/h6-9,18H,10H2,1-5H3,(H,17,19). The van der Waals surface area contributed by atoms with E-state index in [1.165, 1.54) is 16.7 Å². The van der Waals surface area contributed by atoms with Gasteiger partial charge in [0.1, 0.15) is 5.82 Å². The summed E-state index contributed by atoms with van der Waals surface area (Å²) < 4.78 is 0. The van der Waals surface area contributed by atoms with Crippen LogP contribution < -0.4 is 5.32 Å². The zero-order valence-corrected chi connectivity index (χ0v) is 12.5. The zero-order valence-electron chi connectivity index (χ0n) is 12.5. The Morgan fingerprint density at radius 1 is 1.21 bits per heavy atom. The maximum Gasteiger partial charge on any atom is 0.120 e. The van der Waals surface area contributed by atoms with Crippen LogP contribution in [0.3, 0.4) is 0 Å². The number of hydrogen-bond acceptors (Lipinski definition) is 2. The van der Waals surface area contributed by atoms with Gasteiger partial charge in [-0.05, 0) is 40.2 Å². The Bertz CT molecular complexity index is 562. The molecular weight excluding hydrogens is 234 g/mol. The van der Waals surface area contributed by atoms with E-state index < -0.39 is 0 Å². The minimum absolute atomic E-state index is 0.104. The summed E-state index contributed by atoms with van der Waals surface area (Å²) in [6.45, 7) is 11.5. The van der Waals surface area contributed by atoms with E-state index in [9.17, 15) is 0 Å². The van der Waals surface area contributed by atoms with Crippen LogP contribution in [0.1, 0.15) is 37.7 Å². The minimum Gasteiger partial charge on any atom is -0.341 e. The lowest BCUT2D eigenvalue weighted by Crippen LogP contribution is -2.35. The lowest BCUT2D eigenvalue weighted by molar-refractivity contribution is 0.418. The third kappa shape index (κ3) is 3.67. The summed E-state index contributed by atoms with van der Waals surface area (Å²) in [5, 5.41) is 3.43. The van der Waals surface area contributed by atoms with Crippen molar-refractivity contribution in [3.8, 4) is 11.3 Å². The lowest BCUT2D eigenvalue weighted by atomic mass is 10.0. The SMILES string of the molecule is Cc1ccc(-c2cnc(CNC(C)(C)C)[nH]2)c(C)c1. The number of benzene rings is 1. The molecule has 0 bridgehead atoms. The number of hydrogen-bond donors (Lipinski definition) is 2. The molecule has 2 rings (SSSR count). The maximum absolute atomic E-state index is 4.44. The molecule has 0 spiro atoms. The van der Waals surface area contributed by atoms with Crippen molar-refractivity contribution in [3.05, 3.63) is 41.3 Å². The topological polar surface area (TPSA) is 40.7 Å². The molecule has 0 aliphatic carbocycles. The van der Waals surface area contributed by atoms with E-state index in [-0.39, 0.29) is 5.54 Å². The average Bonchev–Trinajstić information content (AvgIpc) is 2.74. The van der Waals surface area contributed by atoms with Crippen molar-refractivity contribution in [2.75, 3.05) is 0 Å². The molecule has 0 aliphatic heterocycles. The smallest absolute Gasteiger partial charge is 0.120 e. The van der Waals surface area contributed by atoms with Crippen molar-refractivity contribution in [3.63, 3.8) is 0 Å². The number of rotatable bonds is 3. The van der Waals surface area contributed by atoms with Crippen LogP contribution in [-0.2, 0) is 6.54 Å². The van der Waals surface area contributed by atoms with Crippen molar-refractivity contribution in [2.24, 2.45) is 0 Å². The Labute approximate surface area is 115 Å². The van der Waals surface area contributed by atoms with Crippen LogP contribution in [0, 0.1) is 13.8 Å². The molecule has 19 heavy (non-hydrogen) atoms. The zero-order chi connectivity index (χ0) is 14.0. The van der Waals surface area contributed by atoms with E-state index in [1.54, 1.807) is 0 Å². The summed E-state index contributed by atoms with van der Waals surface area (Å²) in [6.07, 6.45) is 1.91. The van der Waals surface area contributed by atoms with Crippen LogP contribution in [0.15, 0.2) is 24.4 Å². The Morgan fingerprint density at radius 2 is 1.95 bits per heavy atom. The third-order valence-corrected chi connectivity index (χ3v) is 3.09. The highest BCUT2D eigenvalue weighted by Gasteiger charge is 2.11. The molecular formula is C16H23N3. The molecule has 0 fully saturated rings. The van der Waals surface area contributed by atoms with Crippen molar-refractivity contribution < 1.29 is 0 Å². The van der Waals surface area contributed by atoms with Crippen LogP contribution in [-0.4, -0.2) is 15.5 Å². The second-order valence-corrected chi connectivity index (χ2v) is 6.17. The van der Waals surface area contributed by atoms with Gasteiger partial charge in [-0.2, -0.15) is 0 Å². The summed E-state index contributed by atoms with van der Waals surface area (Å²) in [4.78, 5) is 7.83. The molecule has 0 saturated heterocycles. The molecule has 0 aliphatic rings. The van der Waals surface area contributed by atoms with E-state index in [2.05, 4.69) is 68.1 Å². The summed E-state index contributed by atoms with van der Waals surface area (Å²) in [5.74, 6) is 0.977. The number of nitrogens with one attached hydrogen (secondary N) is 2. The summed E-state index contributed by atoms with van der Waals surface area (Å²) in [7, 11) is 0. The first-order chi connectivity index (χ1) is 8.85. The first kappa shape index (κ1) is 13.8. The number of aromatic nitrogens is 2. The van der Waals surface area contributed by atoms with E-state index in [1.807, 2.05) is 6.20 Å². The van der Waals surface area contributed by atoms with Gasteiger partial charge in [-0.15, -0.1) is 0 Å². The van der Waals surface area contributed by atoms with Gasteiger partial charge >= 0.3 is 0 Å². The van der Waals surface area contributed by atoms with Crippen LogP contribution in [0.5, 0.6) is 0 Å². The fraction of sp³-hybridized carbons (Fsp3) is 0.438. The van der Waals surface area contributed by atoms with E-state index >= 15 is 0 Å². The highest BCUT2D eigenvalue weighted by Crippen LogP contribution is 2.22. The molecule has 0 saturated carbocycles. The quantitative estimate of drug-likeness (QED) is 0.882. The molecule has 1 aromatic carbocycles. The molecule has 2 N–H and O–H groups in total. The average molecular weight is 257 g/mol. The highest BCUT2D eigenvalue weighted by molar-refractivity contribution is 5.63. The third-order valence-electron chi connectivity index (χ3n) is 3.09. The number of aryl methyl sites for hydroxylation is 2. The number of nitrogens with zero attached hydrogens (tertiary/aromatic N) is 1. The molecule has 1 aromatic heterocycles. The van der Waals surface area contributed by atoms with E-state index in [0.717, 1.165) is 18.1 Å². The first-order valence-corrected chi connectivity index (χ1v) is 6.72. The maximum atomic E-state index is 4.44. The monoisotopic (exact) mass is 257 g/mol. The fourth-order valence-electron chi connectivity index (χ4n) is 2.05. The predicted molar refractivity (Wildman–Crippen MR) is 80.1 cm³/mol. The van der Waals surface area contributed by atoms with Gasteiger partial charge < -0.3 is 10.3 Å². The van der Waals surface area contributed by atoms with Gasteiger partial charge in [-0.25, -0.2) is 4.98 Å². The molecule has 0 amide bonds. The van der Waals surface area contributed by atoms with Gasteiger partial charge in [0, 0.05) is 11.1 Å². The van der Waals surface area contributed by atoms with E-state index in [4.69, 9.17) is 0 Å². The fourth-order valence-corrected chi connectivity index (χ4v) is 2.05. The molecule has 102 valence electrons. The van der Waals surface area contributed by atoms with E-state index in [0.29, 0.717) is 0 Å². The van der Waals surface area contributed by atoms with Gasteiger partial charge in [0.25, 0.3) is 0 Å². The van der Waals surface area contributed by atoms with Crippen LogP contribution >= 0.6 is 0 Å². The predicted octanol–water partition coefficient (Wildman–Crippen LogP) is 3.58. The van der Waals surface area contributed by atoms with Crippen LogP contribution in [0.25, 0.3) is 11.3 Å². The highest BCUT2D eigenvalue weighted by atomic mass is 15.0. The number of aromatic amines is 1. The number of imidazole rings is 1. The van der Waals surface area contributed by atoms with Crippen molar-refractivity contribution in [2.45, 2.75) is 46.7 Å². The van der Waals surface area contributed by atoms with Gasteiger partial charge in [0.2, 0.25) is 0 Å². The Hall–Kier alpha value is -1.61. The molecule has 0 radical (unpaired) electrons. The Kier molecular flexibility index (Phi) is 3.76. The largest absolute Gasteiger partial charge is 0.341 e. The van der Waals surface area contributed by atoms with Crippen LogP contribution in [0.4, 0.5) is 0 Å². The second kappa shape index (κ2) is 5.17. The van der Waals surface area contributed by atoms with Crippen molar-refractivity contribution in [1.82, 2.24) is 15.3 Å². The van der Waals surface area contributed by atoms with Crippen LogP contribution in [0.2, 0.25) is 0 Å².